The van der Waals surface area contributed by atoms with Crippen LogP contribution in [0.1, 0.15) is 41.6 Å². The zero-order chi connectivity index (χ0) is 20.9. The third-order valence-corrected chi connectivity index (χ3v) is 5.27. The highest BCUT2D eigenvalue weighted by molar-refractivity contribution is 5.94. The number of nitrogens with one attached hydrogen (secondary N) is 1. The van der Waals surface area contributed by atoms with Crippen LogP contribution in [0.25, 0.3) is 5.69 Å². The lowest BCUT2D eigenvalue weighted by atomic mass is 10.1. The van der Waals surface area contributed by atoms with E-state index in [1.165, 1.54) is 25.2 Å². The van der Waals surface area contributed by atoms with E-state index in [2.05, 4.69) is 10.3 Å². The molecule has 1 aliphatic carbocycles. The first kappa shape index (κ1) is 19.9. The van der Waals surface area contributed by atoms with Gasteiger partial charge in [0.05, 0.1) is 25.2 Å². The summed E-state index contributed by atoms with van der Waals surface area (Å²) in [4.78, 5) is 16.5. The Hall–Kier alpha value is -3.35. The van der Waals surface area contributed by atoms with Gasteiger partial charge in [0.15, 0.2) is 11.5 Å². The zero-order valence-corrected chi connectivity index (χ0v) is 16.8. The van der Waals surface area contributed by atoms with E-state index < -0.39 is 0 Å². The predicted octanol–water partition coefficient (Wildman–Crippen LogP) is 4.27. The summed E-state index contributed by atoms with van der Waals surface area (Å²) >= 11 is 0. The Morgan fingerprint density at radius 1 is 1.20 bits per heavy atom. The van der Waals surface area contributed by atoms with Crippen molar-refractivity contribution in [2.24, 2.45) is 0 Å². The van der Waals surface area contributed by atoms with Crippen molar-refractivity contribution in [3.05, 3.63) is 72.1 Å². The number of methoxy groups -OCH3 is 1. The van der Waals surface area contributed by atoms with Crippen molar-refractivity contribution in [2.75, 3.05) is 7.11 Å². The number of aromatic nitrogens is 2. The number of halogens is 1. The van der Waals surface area contributed by atoms with Gasteiger partial charge in [-0.3, -0.25) is 4.79 Å². The first-order chi connectivity index (χ1) is 14.6. The summed E-state index contributed by atoms with van der Waals surface area (Å²) in [5, 5.41) is 2.82. The van der Waals surface area contributed by atoms with Crippen LogP contribution in [0.2, 0.25) is 0 Å². The number of hydrogen-bond donors (Lipinski definition) is 1. The molecule has 7 heteroatoms. The van der Waals surface area contributed by atoms with E-state index in [1.807, 2.05) is 0 Å². The van der Waals surface area contributed by atoms with Crippen LogP contribution in [0.4, 0.5) is 4.39 Å². The molecule has 30 heavy (non-hydrogen) atoms. The molecule has 3 aromatic rings. The predicted molar refractivity (Wildman–Crippen MR) is 111 cm³/mol. The normalized spacial score (nSPS) is 13.9. The number of hydrogen-bond acceptors (Lipinski definition) is 4. The van der Waals surface area contributed by atoms with E-state index in [9.17, 15) is 9.18 Å². The van der Waals surface area contributed by atoms with Crippen molar-refractivity contribution >= 4 is 5.91 Å². The van der Waals surface area contributed by atoms with Gasteiger partial charge in [0.1, 0.15) is 5.82 Å². The number of benzene rings is 2. The quantitative estimate of drug-likeness (QED) is 0.633. The van der Waals surface area contributed by atoms with Crippen molar-refractivity contribution in [3.8, 4) is 17.2 Å². The van der Waals surface area contributed by atoms with Crippen LogP contribution in [0.15, 0.2) is 55.1 Å². The number of imidazole rings is 1. The lowest BCUT2D eigenvalue weighted by Gasteiger charge is -2.16. The van der Waals surface area contributed by atoms with Gasteiger partial charge in [0, 0.05) is 24.5 Å². The zero-order valence-electron chi connectivity index (χ0n) is 16.8. The lowest BCUT2D eigenvalue weighted by molar-refractivity contribution is 0.0950. The van der Waals surface area contributed by atoms with Crippen LogP contribution in [-0.2, 0) is 6.54 Å². The minimum Gasteiger partial charge on any atom is -0.493 e. The topological polar surface area (TPSA) is 65.4 Å². The summed E-state index contributed by atoms with van der Waals surface area (Å²) in [6.45, 7) is 0.211. The molecule has 1 N–H and O–H groups in total. The van der Waals surface area contributed by atoms with Crippen molar-refractivity contribution in [1.82, 2.24) is 14.9 Å². The molecule has 0 spiro atoms. The number of rotatable bonds is 7. The third kappa shape index (κ3) is 4.45. The summed E-state index contributed by atoms with van der Waals surface area (Å²) in [7, 11) is 1.56. The molecule has 1 fully saturated rings. The van der Waals surface area contributed by atoms with Gasteiger partial charge >= 0.3 is 0 Å². The molecule has 0 saturated heterocycles. The highest BCUT2D eigenvalue weighted by Gasteiger charge is 2.19. The summed E-state index contributed by atoms with van der Waals surface area (Å²) < 4.78 is 27.4. The minimum absolute atomic E-state index is 0.207. The Morgan fingerprint density at radius 3 is 2.73 bits per heavy atom. The van der Waals surface area contributed by atoms with Gasteiger partial charge in [-0.2, -0.15) is 0 Å². The van der Waals surface area contributed by atoms with E-state index in [0.717, 1.165) is 12.8 Å². The number of nitrogens with zero attached hydrogens (tertiary/aromatic N) is 2. The Morgan fingerprint density at radius 2 is 2.03 bits per heavy atom. The highest BCUT2D eigenvalue weighted by Crippen LogP contribution is 2.32. The third-order valence-electron chi connectivity index (χ3n) is 5.27. The Labute approximate surface area is 174 Å². The van der Waals surface area contributed by atoms with Crippen molar-refractivity contribution < 1.29 is 18.7 Å². The number of amides is 1. The molecule has 1 aromatic heterocycles. The van der Waals surface area contributed by atoms with Gasteiger partial charge in [-0.25, -0.2) is 9.37 Å². The summed E-state index contributed by atoms with van der Waals surface area (Å²) in [5.74, 6) is 0.540. The minimum atomic E-state index is -0.380. The first-order valence-corrected chi connectivity index (χ1v) is 10.0. The van der Waals surface area contributed by atoms with Gasteiger partial charge in [0.25, 0.3) is 5.91 Å². The van der Waals surface area contributed by atoms with E-state index in [-0.39, 0.29) is 24.4 Å². The standard InChI is InChI=1S/C23H24FN3O3/c1-29-22-13-17(7-9-21(22)30-18-4-2-3-5-18)23(28)26-14-16-6-8-20(19(24)12-16)27-11-10-25-15-27/h6-13,15,18H,2-5,14H2,1H3,(H,26,28). The maximum absolute atomic E-state index is 14.4. The lowest BCUT2D eigenvalue weighted by Crippen LogP contribution is -2.23. The summed E-state index contributed by atoms with van der Waals surface area (Å²) in [6.07, 6.45) is 9.45. The van der Waals surface area contributed by atoms with Crippen LogP contribution in [0.5, 0.6) is 11.5 Å². The van der Waals surface area contributed by atoms with Crippen LogP contribution >= 0.6 is 0 Å². The Kier molecular flexibility index (Phi) is 5.97. The van der Waals surface area contributed by atoms with Crippen molar-refractivity contribution in [2.45, 2.75) is 38.3 Å². The van der Waals surface area contributed by atoms with Gasteiger partial charge in [-0.1, -0.05) is 6.07 Å². The second-order valence-corrected chi connectivity index (χ2v) is 7.33. The SMILES string of the molecule is COc1cc(C(=O)NCc2ccc(-n3ccnc3)c(F)c2)ccc1OC1CCCC1. The number of carbonyl (C=O) groups excluding carboxylic acids is 1. The van der Waals surface area contributed by atoms with Crippen LogP contribution in [0.3, 0.4) is 0 Å². The Balaban J connectivity index is 1.40. The maximum Gasteiger partial charge on any atom is 0.251 e. The number of ether oxygens (including phenoxy) is 2. The molecule has 0 radical (unpaired) electrons. The van der Waals surface area contributed by atoms with Crippen molar-refractivity contribution in [1.29, 1.82) is 0 Å². The molecule has 0 aliphatic heterocycles. The fourth-order valence-electron chi connectivity index (χ4n) is 3.65. The average Bonchev–Trinajstić information content (AvgIpc) is 3.47. The maximum atomic E-state index is 14.4. The molecule has 1 aliphatic rings. The molecule has 1 heterocycles. The molecule has 156 valence electrons. The van der Waals surface area contributed by atoms with Gasteiger partial charge in [-0.05, 0) is 61.6 Å². The van der Waals surface area contributed by atoms with Crippen molar-refractivity contribution in [3.63, 3.8) is 0 Å². The van der Waals surface area contributed by atoms with Crippen LogP contribution in [0, 0.1) is 5.82 Å². The van der Waals surface area contributed by atoms with E-state index in [1.54, 1.807) is 54.4 Å². The fourth-order valence-corrected chi connectivity index (χ4v) is 3.65. The molecule has 2 aromatic carbocycles. The summed E-state index contributed by atoms with van der Waals surface area (Å²) in [6, 6.07) is 10.0. The second-order valence-electron chi connectivity index (χ2n) is 7.33. The van der Waals surface area contributed by atoms with E-state index in [4.69, 9.17) is 9.47 Å². The molecule has 0 bridgehead atoms. The molecule has 0 atom stereocenters. The first-order valence-electron chi connectivity index (χ1n) is 10.0. The molecule has 1 saturated carbocycles. The van der Waals surface area contributed by atoms with Gasteiger partial charge in [-0.15, -0.1) is 0 Å². The van der Waals surface area contributed by atoms with E-state index in [0.29, 0.717) is 28.3 Å². The smallest absolute Gasteiger partial charge is 0.251 e. The van der Waals surface area contributed by atoms with Crippen LogP contribution in [-0.4, -0.2) is 28.7 Å². The van der Waals surface area contributed by atoms with Crippen LogP contribution < -0.4 is 14.8 Å². The average molecular weight is 409 g/mol. The molecule has 4 rings (SSSR count). The molecule has 6 nitrogen and oxygen atoms in total. The fraction of sp³-hybridized carbons (Fsp3) is 0.304. The molecular weight excluding hydrogens is 385 g/mol. The molecular formula is C23H24FN3O3. The Bertz CT molecular complexity index is 1010. The second kappa shape index (κ2) is 8.98. The monoisotopic (exact) mass is 409 g/mol. The van der Waals surface area contributed by atoms with E-state index >= 15 is 0 Å². The largest absolute Gasteiger partial charge is 0.493 e. The van der Waals surface area contributed by atoms with Gasteiger partial charge < -0.3 is 19.4 Å². The molecule has 1 amide bonds. The highest BCUT2D eigenvalue weighted by atomic mass is 19.1. The summed E-state index contributed by atoms with van der Waals surface area (Å²) in [5.41, 5.74) is 1.53. The number of carbonyl (C=O) groups is 1. The van der Waals surface area contributed by atoms with Gasteiger partial charge in [0.2, 0.25) is 0 Å². The molecule has 0 unspecified atom stereocenters.